The Morgan fingerprint density at radius 1 is 1.46 bits per heavy atom. The summed E-state index contributed by atoms with van der Waals surface area (Å²) >= 11 is 0. The summed E-state index contributed by atoms with van der Waals surface area (Å²) in [5.74, 6) is -0.325. The topological polar surface area (TPSA) is 46.5 Å². The average molecular weight is 182 g/mol. The van der Waals surface area contributed by atoms with E-state index in [2.05, 4.69) is 0 Å². The van der Waals surface area contributed by atoms with Crippen LogP contribution in [0.2, 0.25) is 0 Å². The molecule has 0 aromatic heterocycles. The molecule has 0 fully saturated rings. The number of hydrogen-bond acceptors (Lipinski definition) is 3. The van der Waals surface area contributed by atoms with Crippen molar-refractivity contribution in [2.45, 2.75) is 32.0 Å². The van der Waals surface area contributed by atoms with Gasteiger partial charge in [-0.15, -0.1) is 0 Å². The number of hydrogen-bond donors (Lipinski definition) is 1. The van der Waals surface area contributed by atoms with Gasteiger partial charge in [0.1, 0.15) is 0 Å². The van der Waals surface area contributed by atoms with Gasteiger partial charge in [-0.25, -0.2) is 4.79 Å². The summed E-state index contributed by atoms with van der Waals surface area (Å²) in [5.41, 5.74) is 0. The van der Waals surface area contributed by atoms with Crippen molar-refractivity contribution in [1.82, 2.24) is 0 Å². The van der Waals surface area contributed by atoms with E-state index in [9.17, 15) is 9.90 Å². The quantitative estimate of drug-likeness (QED) is 0.572. The smallest absolute Gasteiger partial charge is 0.331 e. The van der Waals surface area contributed by atoms with Gasteiger partial charge in [0.2, 0.25) is 0 Å². The SMILES string of the molecule is C[C@H]1CC[C@H](O)C=CC=CC(=O)O1. The molecule has 0 unspecified atom stereocenters. The van der Waals surface area contributed by atoms with Gasteiger partial charge in [-0.3, -0.25) is 0 Å². The highest BCUT2D eigenvalue weighted by atomic mass is 16.5. The van der Waals surface area contributed by atoms with E-state index in [4.69, 9.17) is 4.74 Å². The Labute approximate surface area is 77.7 Å². The Balaban J connectivity index is 2.62. The molecule has 1 heterocycles. The van der Waals surface area contributed by atoms with Crippen molar-refractivity contribution in [2.24, 2.45) is 0 Å². The zero-order valence-corrected chi connectivity index (χ0v) is 7.64. The van der Waals surface area contributed by atoms with Crippen molar-refractivity contribution in [1.29, 1.82) is 0 Å². The molecule has 1 rings (SSSR count). The number of rotatable bonds is 0. The molecular weight excluding hydrogens is 168 g/mol. The molecule has 0 aliphatic carbocycles. The third-order valence-electron chi connectivity index (χ3n) is 1.86. The average Bonchev–Trinajstić information content (AvgIpc) is 2.08. The lowest BCUT2D eigenvalue weighted by Gasteiger charge is -2.13. The first-order valence-electron chi connectivity index (χ1n) is 4.42. The molecular formula is C10H14O3. The van der Waals surface area contributed by atoms with Crippen molar-refractivity contribution in [3.63, 3.8) is 0 Å². The van der Waals surface area contributed by atoms with Gasteiger partial charge in [0.15, 0.2) is 0 Å². The fourth-order valence-corrected chi connectivity index (χ4v) is 1.12. The zero-order chi connectivity index (χ0) is 9.68. The molecule has 2 atom stereocenters. The standard InChI is InChI=1S/C10H14O3/c1-8-6-7-9(11)4-2-3-5-10(12)13-8/h2-5,8-9,11H,6-7H2,1H3/t8-,9+/m0/s1. The minimum absolute atomic E-state index is 0.127. The second kappa shape index (κ2) is 4.82. The number of esters is 1. The van der Waals surface area contributed by atoms with Crippen LogP contribution >= 0.6 is 0 Å². The Hall–Kier alpha value is -1.09. The lowest BCUT2D eigenvalue weighted by molar-refractivity contribution is -0.142. The number of carbonyl (C=O) groups is 1. The third-order valence-corrected chi connectivity index (χ3v) is 1.86. The predicted molar refractivity (Wildman–Crippen MR) is 49.1 cm³/mol. The molecule has 1 aliphatic heterocycles. The number of allylic oxidation sites excluding steroid dienone is 2. The maximum atomic E-state index is 11.0. The van der Waals surface area contributed by atoms with Crippen LogP contribution in [0.4, 0.5) is 0 Å². The maximum Gasteiger partial charge on any atom is 0.331 e. The van der Waals surface area contributed by atoms with Crippen molar-refractivity contribution in [3.05, 3.63) is 24.3 Å². The van der Waals surface area contributed by atoms with Crippen LogP contribution in [0, 0.1) is 0 Å². The van der Waals surface area contributed by atoms with Gasteiger partial charge in [-0.1, -0.05) is 18.2 Å². The van der Waals surface area contributed by atoms with Gasteiger partial charge in [0.05, 0.1) is 12.2 Å². The molecule has 0 aromatic rings. The summed E-state index contributed by atoms with van der Waals surface area (Å²) in [6.07, 6.45) is 6.99. The summed E-state index contributed by atoms with van der Waals surface area (Å²) < 4.78 is 5.00. The molecule has 1 N–H and O–H groups in total. The summed E-state index contributed by atoms with van der Waals surface area (Å²) in [5, 5.41) is 9.35. The van der Waals surface area contributed by atoms with E-state index < -0.39 is 6.10 Å². The second-order valence-corrected chi connectivity index (χ2v) is 3.14. The van der Waals surface area contributed by atoms with Crippen LogP contribution < -0.4 is 0 Å². The summed E-state index contributed by atoms with van der Waals surface area (Å²) in [4.78, 5) is 11.0. The number of cyclic esters (lactones) is 1. The molecule has 0 spiro atoms. The Morgan fingerprint density at radius 2 is 2.23 bits per heavy atom. The summed E-state index contributed by atoms with van der Waals surface area (Å²) in [7, 11) is 0. The highest BCUT2D eigenvalue weighted by molar-refractivity contribution is 5.82. The number of ether oxygens (including phenoxy) is 1. The molecule has 0 bridgehead atoms. The van der Waals surface area contributed by atoms with E-state index in [-0.39, 0.29) is 12.1 Å². The van der Waals surface area contributed by atoms with Crippen LogP contribution in [0.25, 0.3) is 0 Å². The summed E-state index contributed by atoms with van der Waals surface area (Å²) in [6, 6.07) is 0. The third kappa shape index (κ3) is 3.90. The molecule has 3 nitrogen and oxygen atoms in total. The number of carbonyl (C=O) groups excluding carboxylic acids is 1. The van der Waals surface area contributed by atoms with Gasteiger partial charge in [0, 0.05) is 6.08 Å². The van der Waals surface area contributed by atoms with Crippen LogP contribution in [0.1, 0.15) is 19.8 Å². The summed E-state index contributed by atoms with van der Waals surface area (Å²) in [6.45, 7) is 1.82. The first-order chi connectivity index (χ1) is 6.18. The Morgan fingerprint density at radius 3 is 3.00 bits per heavy atom. The van der Waals surface area contributed by atoms with E-state index in [1.54, 1.807) is 18.2 Å². The lowest BCUT2D eigenvalue weighted by atomic mass is 10.1. The first kappa shape index (κ1) is 9.99. The van der Waals surface area contributed by atoms with Gasteiger partial charge >= 0.3 is 5.97 Å². The maximum absolute atomic E-state index is 11.0. The number of aliphatic hydroxyl groups excluding tert-OH is 1. The predicted octanol–water partition coefficient (Wildman–Crippen LogP) is 1.19. The fraction of sp³-hybridized carbons (Fsp3) is 0.500. The van der Waals surface area contributed by atoms with E-state index >= 15 is 0 Å². The Bertz CT molecular complexity index is 230. The van der Waals surface area contributed by atoms with Crippen molar-refractivity contribution in [2.75, 3.05) is 0 Å². The number of aliphatic hydroxyl groups is 1. The van der Waals surface area contributed by atoms with Gasteiger partial charge in [0.25, 0.3) is 0 Å². The van der Waals surface area contributed by atoms with Gasteiger partial charge in [-0.2, -0.15) is 0 Å². The van der Waals surface area contributed by atoms with Gasteiger partial charge < -0.3 is 9.84 Å². The molecule has 13 heavy (non-hydrogen) atoms. The van der Waals surface area contributed by atoms with E-state index in [0.717, 1.165) is 0 Å². The molecule has 0 saturated heterocycles. The molecule has 1 aliphatic rings. The monoisotopic (exact) mass is 182 g/mol. The molecule has 0 aromatic carbocycles. The van der Waals surface area contributed by atoms with Gasteiger partial charge in [-0.05, 0) is 19.8 Å². The fourth-order valence-electron chi connectivity index (χ4n) is 1.12. The zero-order valence-electron chi connectivity index (χ0n) is 7.64. The van der Waals surface area contributed by atoms with Crippen LogP contribution in [-0.4, -0.2) is 23.3 Å². The molecule has 0 amide bonds. The van der Waals surface area contributed by atoms with Crippen LogP contribution in [-0.2, 0) is 9.53 Å². The van der Waals surface area contributed by atoms with Crippen molar-refractivity contribution < 1.29 is 14.6 Å². The molecule has 3 heteroatoms. The minimum Gasteiger partial charge on any atom is -0.460 e. The van der Waals surface area contributed by atoms with Crippen molar-refractivity contribution >= 4 is 5.97 Å². The molecule has 0 saturated carbocycles. The minimum atomic E-state index is -0.441. The van der Waals surface area contributed by atoms with Crippen LogP contribution in [0.15, 0.2) is 24.3 Å². The molecule has 0 radical (unpaired) electrons. The highest BCUT2D eigenvalue weighted by Gasteiger charge is 2.09. The Kier molecular flexibility index (Phi) is 3.71. The largest absolute Gasteiger partial charge is 0.460 e. The normalized spacial score (nSPS) is 29.8. The van der Waals surface area contributed by atoms with E-state index in [0.29, 0.717) is 12.8 Å². The molecule has 72 valence electrons. The highest BCUT2D eigenvalue weighted by Crippen LogP contribution is 2.07. The van der Waals surface area contributed by atoms with E-state index in [1.165, 1.54) is 6.08 Å². The van der Waals surface area contributed by atoms with Crippen LogP contribution in [0.5, 0.6) is 0 Å². The van der Waals surface area contributed by atoms with Crippen LogP contribution in [0.3, 0.4) is 0 Å². The second-order valence-electron chi connectivity index (χ2n) is 3.14. The lowest BCUT2D eigenvalue weighted by Crippen LogP contribution is -2.16. The van der Waals surface area contributed by atoms with E-state index in [1.807, 2.05) is 6.92 Å². The van der Waals surface area contributed by atoms with Crippen molar-refractivity contribution in [3.8, 4) is 0 Å². The first-order valence-corrected chi connectivity index (χ1v) is 4.42.